The normalized spacial score (nSPS) is 15.2. The summed E-state index contributed by atoms with van der Waals surface area (Å²) in [6, 6.07) is 7.75. The summed E-state index contributed by atoms with van der Waals surface area (Å²) < 4.78 is 34.9. The number of benzene rings is 1. The fourth-order valence-electron chi connectivity index (χ4n) is 3.21. The monoisotopic (exact) mass is 375 g/mol. The molecule has 1 unspecified atom stereocenters. The van der Waals surface area contributed by atoms with Crippen molar-refractivity contribution in [3.63, 3.8) is 0 Å². The lowest BCUT2D eigenvalue weighted by molar-refractivity contribution is -0.137. The van der Waals surface area contributed by atoms with Crippen molar-refractivity contribution in [1.29, 1.82) is 0 Å². The second-order valence-corrected chi connectivity index (χ2v) is 7.07. The molecular weight excluding hydrogens is 352 g/mol. The third-order valence-electron chi connectivity index (χ3n) is 4.96. The average molecular weight is 375 g/mol. The molecule has 4 nitrogen and oxygen atoms in total. The zero-order valence-electron chi connectivity index (χ0n) is 15.3. The second-order valence-electron chi connectivity index (χ2n) is 7.07. The van der Waals surface area contributed by atoms with Crippen LogP contribution in [0, 0.1) is 11.6 Å². The molecule has 6 heteroatoms. The Morgan fingerprint density at radius 1 is 1.30 bits per heavy atom. The van der Waals surface area contributed by atoms with E-state index in [1.165, 1.54) is 12.1 Å². The van der Waals surface area contributed by atoms with E-state index in [-0.39, 0.29) is 18.1 Å². The molecule has 0 radical (unpaired) electrons. The Labute approximate surface area is 157 Å². The Kier molecular flexibility index (Phi) is 6.04. The molecule has 2 aromatic rings. The fraction of sp³-hybridized carbons (Fsp3) is 0.429. The molecule has 1 atom stereocenters. The number of hydrogen-bond donors (Lipinski definition) is 1. The van der Waals surface area contributed by atoms with Crippen LogP contribution >= 0.6 is 0 Å². The highest BCUT2D eigenvalue weighted by Gasteiger charge is 2.21. The van der Waals surface area contributed by atoms with Gasteiger partial charge in [0.2, 0.25) is 5.88 Å². The van der Waals surface area contributed by atoms with Crippen LogP contribution in [0.1, 0.15) is 56.9 Å². The molecule has 0 spiro atoms. The van der Waals surface area contributed by atoms with E-state index in [2.05, 4.69) is 4.98 Å². The summed E-state index contributed by atoms with van der Waals surface area (Å²) in [6.45, 7) is 1.70. The molecule has 1 aliphatic carbocycles. The summed E-state index contributed by atoms with van der Waals surface area (Å²) >= 11 is 0. The molecule has 1 fully saturated rings. The van der Waals surface area contributed by atoms with Crippen LogP contribution in [0.5, 0.6) is 5.88 Å². The second kappa shape index (κ2) is 8.46. The number of carboxylic acids is 1. The molecule has 27 heavy (non-hydrogen) atoms. The largest absolute Gasteiger partial charge is 0.481 e. The molecule has 1 heterocycles. The lowest BCUT2D eigenvalue weighted by Gasteiger charge is -2.25. The first-order valence-electron chi connectivity index (χ1n) is 9.29. The van der Waals surface area contributed by atoms with E-state index in [1.54, 1.807) is 25.1 Å². The van der Waals surface area contributed by atoms with Gasteiger partial charge in [-0.25, -0.2) is 13.8 Å². The first-order chi connectivity index (χ1) is 12.9. The third-order valence-corrected chi connectivity index (χ3v) is 4.96. The van der Waals surface area contributed by atoms with Gasteiger partial charge < -0.3 is 9.84 Å². The van der Waals surface area contributed by atoms with E-state index in [1.807, 2.05) is 0 Å². The predicted molar refractivity (Wildman–Crippen MR) is 97.8 cm³/mol. The minimum atomic E-state index is -0.909. The molecule has 144 valence electrons. The maximum Gasteiger partial charge on any atom is 0.303 e. The Hall–Kier alpha value is -2.50. The summed E-state index contributed by atoms with van der Waals surface area (Å²) in [4.78, 5) is 15.0. The van der Waals surface area contributed by atoms with Crippen molar-refractivity contribution in [2.24, 2.45) is 0 Å². The zero-order chi connectivity index (χ0) is 19.4. The topological polar surface area (TPSA) is 59.4 Å². The minimum Gasteiger partial charge on any atom is -0.481 e. The quantitative estimate of drug-likeness (QED) is 0.679. The molecule has 1 aromatic carbocycles. The minimum absolute atomic E-state index is 0.00832. The molecule has 3 rings (SSSR count). The van der Waals surface area contributed by atoms with Gasteiger partial charge in [-0.1, -0.05) is 13.0 Å². The Morgan fingerprint density at radius 2 is 2.00 bits per heavy atom. The number of ether oxygens (including phenoxy) is 1. The number of nitrogens with zero attached hydrogens (tertiary/aromatic N) is 1. The number of hydrogen-bond acceptors (Lipinski definition) is 3. The number of rotatable bonds is 8. The number of carboxylic acid groups (broad SMARTS) is 1. The van der Waals surface area contributed by atoms with Crippen LogP contribution < -0.4 is 4.74 Å². The van der Waals surface area contributed by atoms with Crippen LogP contribution in [-0.2, 0) is 4.79 Å². The van der Waals surface area contributed by atoms with Crippen molar-refractivity contribution in [3.05, 3.63) is 47.5 Å². The van der Waals surface area contributed by atoms with Crippen molar-refractivity contribution in [3.8, 4) is 17.1 Å². The van der Waals surface area contributed by atoms with Gasteiger partial charge in [0.05, 0.1) is 5.69 Å². The Balaban J connectivity index is 1.77. The summed E-state index contributed by atoms with van der Waals surface area (Å²) in [6.07, 6.45) is 4.10. The van der Waals surface area contributed by atoms with E-state index in [9.17, 15) is 13.6 Å². The van der Waals surface area contributed by atoms with Crippen LogP contribution in [-0.4, -0.2) is 22.2 Å². The van der Waals surface area contributed by atoms with E-state index in [0.29, 0.717) is 30.0 Å². The van der Waals surface area contributed by atoms with Gasteiger partial charge in [-0.3, -0.25) is 4.79 Å². The predicted octanol–water partition coefficient (Wildman–Crippen LogP) is 5.32. The maximum atomic E-state index is 14.6. The summed E-state index contributed by atoms with van der Waals surface area (Å²) in [5.74, 6) is -2.13. The van der Waals surface area contributed by atoms with Crippen molar-refractivity contribution in [2.45, 2.75) is 57.5 Å². The summed E-state index contributed by atoms with van der Waals surface area (Å²) in [7, 11) is 0. The van der Waals surface area contributed by atoms with Crippen molar-refractivity contribution in [2.75, 3.05) is 0 Å². The molecule has 1 N–H and O–H groups in total. The zero-order valence-corrected chi connectivity index (χ0v) is 15.3. The maximum absolute atomic E-state index is 14.6. The third kappa shape index (κ3) is 4.81. The molecular formula is C21H23F2NO3. The van der Waals surface area contributed by atoms with Gasteiger partial charge in [-0.15, -0.1) is 0 Å². The molecule has 0 aliphatic heterocycles. The van der Waals surface area contributed by atoms with Crippen molar-refractivity contribution < 1.29 is 23.4 Å². The average Bonchev–Trinajstić information content (AvgIpc) is 2.57. The van der Waals surface area contributed by atoms with Gasteiger partial charge in [0.1, 0.15) is 17.7 Å². The van der Waals surface area contributed by atoms with E-state index in [0.717, 1.165) is 19.3 Å². The van der Waals surface area contributed by atoms with Crippen LogP contribution in [0.2, 0.25) is 0 Å². The van der Waals surface area contributed by atoms with Crippen LogP contribution in [0.15, 0.2) is 30.3 Å². The number of aromatic nitrogens is 1. The van der Waals surface area contributed by atoms with Crippen molar-refractivity contribution >= 4 is 5.97 Å². The fourth-order valence-corrected chi connectivity index (χ4v) is 3.21. The highest BCUT2D eigenvalue weighted by atomic mass is 19.1. The molecule has 1 aliphatic rings. The van der Waals surface area contributed by atoms with Gasteiger partial charge in [0.25, 0.3) is 0 Å². The lowest BCUT2D eigenvalue weighted by Crippen LogP contribution is -2.24. The van der Waals surface area contributed by atoms with Crippen LogP contribution in [0.4, 0.5) is 8.78 Å². The Morgan fingerprint density at radius 3 is 2.59 bits per heavy atom. The standard InChI is InChI=1S/C21H23F2NO3/c1-13(5-2-10-20(25)26)21-16(22)11-14(12-17(21)23)18-8-4-9-19(24-18)27-15-6-3-7-15/h4,8-9,11-13,15H,2-3,5-7,10H2,1H3,(H,25,26). The summed E-state index contributed by atoms with van der Waals surface area (Å²) in [5, 5.41) is 8.70. The lowest BCUT2D eigenvalue weighted by atomic mass is 9.93. The molecule has 1 aromatic heterocycles. The van der Waals surface area contributed by atoms with Gasteiger partial charge >= 0.3 is 5.97 Å². The van der Waals surface area contributed by atoms with E-state index >= 15 is 0 Å². The number of aliphatic carboxylic acids is 1. The SMILES string of the molecule is CC(CCCC(=O)O)c1c(F)cc(-c2cccc(OC3CCC3)n2)cc1F. The molecule has 0 bridgehead atoms. The van der Waals surface area contributed by atoms with Crippen LogP contribution in [0.3, 0.4) is 0 Å². The Bertz CT molecular complexity index is 798. The number of pyridine rings is 1. The first kappa shape index (κ1) is 19.3. The highest BCUT2D eigenvalue weighted by Crippen LogP contribution is 2.31. The summed E-state index contributed by atoms with van der Waals surface area (Å²) in [5.41, 5.74) is 0.797. The van der Waals surface area contributed by atoms with Gasteiger partial charge in [-0.2, -0.15) is 0 Å². The van der Waals surface area contributed by atoms with Crippen molar-refractivity contribution in [1.82, 2.24) is 4.98 Å². The van der Waals surface area contributed by atoms with Gasteiger partial charge in [0.15, 0.2) is 0 Å². The number of carbonyl (C=O) groups is 1. The smallest absolute Gasteiger partial charge is 0.303 e. The molecule has 0 saturated heterocycles. The molecule has 0 amide bonds. The van der Waals surface area contributed by atoms with E-state index < -0.39 is 23.5 Å². The van der Waals surface area contributed by atoms with Gasteiger partial charge in [-0.05, 0) is 56.2 Å². The van der Waals surface area contributed by atoms with E-state index in [4.69, 9.17) is 9.84 Å². The highest BCUT2D eigenvalue weighted by molar-refractivity contribution is 5.66. The molecule has 1 saturated carbocycles. The van der Waals surface area contributed by atoms with Gasteiger partial charge in [0, 0.05) is 23.6 Å². The number of halogens is 2. The van der Waals surface area contributed by atoms with Crippen LogP contribution in [0.25, 0.3) is 11.3 Å². The first-order valence-corrected chi connectivity index (χ1v) is 9.29.